The molecule has 0 spiro atoms. The van der Waals surface area contributed by atoms with Crippen LogP contribution in [0.2, 0.25) is 5.02 Å². The standard InChI is InChI=1S/C22H24ClNO2/c23-19-6-3-5-18(14-19)22(26)10-12-24(13-11-22)15-17-9-8-16-4-1-2-7-20(16)21(17)25/h1-7,14,17,26H,8-13,15H2. The van der Waals surface area contributed by atoms with E-state index < -0.39 is 5.60 Å². The van der Waals surface area contributed by atoms with Gasteiger partial charge in [-0.05, 0) is 48.9 Å². The highest BCUT2D eigenvalue weighted by Crippen LogP contribution is 2.35. The van der Waals surface area contributed by atoms with Crippen LogP contribution in [0, 0.1) is 5.92 Å². The Labute approximate surface area is 159 Å². The van der Waals surface area contributed by atoms with Crippen LogP contribution in [0.25, 0.3) is 0 Å². The van der Waals surface area contributed by atoms with E-state index in [9.17, 15) is 9.90 Å². The number of fused-ring (bicyclic) bond motifs is 1. The normalized spacial score (nSPS) is 22.8. The van der Waals surface area contributed by atoms with Crippen LogP contribution in [0.15, 0.2) is 48.5 Å². The quantitative estimate of drug-likeness (QED) is 0.886. The lowest BCUT2D eigenvalue weighted by Gasteiger charge is -2.40. The second kappa shape index (κ2) is 7.15. The van der Waals surface area contributed by atoms with Gasteiger partial charge in [0.25, 0.3) is 0 Å². The fourth-order valence-electron chi connectivity index (χ4n) is 4.32. The van der Waals surface area contributed by atoms with Crippen molar-refractivity contribution in [2.75, 3.05) is 19.6 Å². The van der Waals surface area contributed by atoms with E-state index in [1.165, 1.54) is 5.56 Å². The second-order valence-corrected chi connectivity index (χ2v) is 8.04. The fraction of sp³-hybridized carbons (Fsp3) is 0.409. The Hall–Kier alpha value is -1.68. The van der Waals surface area contributed by atoms with Crippen molar-refractivity contribution >= 4 is 17.4 Å². The van der Waals surface area contributed by atoms with Crippen molar-refractivity contribution in [1.29, 1.82) is 0 Å². The van der Waals surface area contributed by atoms with Gasteiger partial charge in [-0.15, -0.1) is 0 Å². The van der Waals surface area contributed by atoms with Crippen molar-refractivity contribution in [1.82, 2.24) is 4.90 Å². The Morgan fingerprint density at radius 3 is 2.65 bits per heavy atom. The zero-order valence-corrected chi connectivity index (χ0v) is 15.6. The maximum Gasteiger partial charge on any atom is 0.167 e. The van der Waals surface area contributed by atoms with Gasteiger partial charge in [0.15, 0.2) is 5.78 Å². The molecule has 2 aromatic carbocycles. The molecule has 0 bridgehead atoms. The lowest BCUT2D eigenvalue weighted by atomic mass is 9.81. The van der Waals surface area contributed by atoms with Crippen molar-refractivity contribution in [2.45, 2.75) is 31.3 Å². The SMILES string of the molecule is O=C1c2ccccc2CCC1CN1CCC(O)(c2cccc(Cl)c2)CC1. The zero-order valence-electron chi connectivity index (χ0n) is 14.8. The highest BCUT2D eigenvalue weighted by Gasteiger charge is 2.36. The number of piperidine rings is 1. The first-order valence-corrected chi connectivity index (χ1v) is 9.76. The van der Waals surface area contributed by atoms with Gasteiger partial charge >= 0.3 is 0 Å². The number of ketones is 1. The Morgan fingerprint density at radius 2 is 1.88 bits per heavy atom. The van der Waals surface area contributed by atoms with E-state index >= 15 is 0 Å². The van der Waals surface area contributed by atoms with Gasteiger partial charge < -0.3 is 10.0 Å². The first-order valence-electron chi connectivity index (χ1n) is 9.38. The van der Waals surface area contributed by atoms with Crippen LogP contribution in [0.3, 0.4) is 0 Å². The Kier molecular flexibility index (Phi) is 4.87. The third kappa shape index (κ3) is 3.44. The van der Waals surface area contributed by atoms with Gasteiger partial charge in [-0.1, -0.05) is 48.0 Å². The number of Topliss-reactive ketones (excluding diaryl/α,β-unsaturated/α-hetero) is 1. The Morgan fingerprint density at radius 1 is 1.12 bits per heavy atom. The maximum atomic E-state index is 12.8. The van der Waals surface area contributed by atoms with E-state index in [1.54, 1.807) is 0 Å². The summed E-state index contributed by atoms with van der Waals surface area (Å²) in [6.07, 6.45) is 3.24. The number of halogens is 1. The number of hydrogen-bond acceptors (Lipinski definition) is 3. The number of likely N-dealkylation sites (tertiary alicyclic amines) is 1. The summed E-state index contributed by atoms with van der Waals surface area (Å²) in [4.78, 5) is 15.1. The average Bonchev–Trinajstić information content (AvgIpc) is 2.66. The summed E-state index contributed by atoms with van der Waals surface area (Å²) in [5.74, 6) is 0.352. The van der Waals surface area contributed by atoms with E-state index in [2.05, 4.69) is 11.0 Å². The van der Waals surface area contributed by atoms with Crippen molar-refractivity contribution in [3.8, 4) is 0 Å². The van der Waals surface area contributed by atoms with Crippen LogP contribution in [-0.2, 0) is 12.0 Å². The molecule has 1 heterocycles. The molecule has 4 rings (SSSR count). The average molecular weight is 370 g/mol. The molecule has 136 valence electrons. The highest BCUT2D eigenvalue weighted by molar-refractivity contribution is 6.30. The summed E-state index contributed by atoms with van der Waals surface area (Å²) in [6, 6.07) is 15.5. The number of hydrogen-bond donors (Lipinski definition) is 1. The number of aryl methyl sites for hydroxylation is 1. The van der Waals surface area contributed by atoms with E-state index in [0.717, 1.165) is 43.6 Å². The molecule has 1 atom stereocenters. The van der Waals surface area contributed by atoms with Crippen LogP contribution >= 0.6 is 11.6 Å². The minimum atomic E-state index is -0.815. The molecule has 0 amide bonds. The van der Waals surface area contributed by atoms with Crippen LogP contribution in [0.1, 0.15) is 40.7 Å². The number of carbonyl (C=O) groups excluding carboxylic acids is 1. The van der Waals surface area contributed by atoms with Gasteiger partial charge in [-0.2, -0.15) is 0 Å². The van der Waals surface area contributed by atoms with Gasteiger partial charge in [0.2, 0.25) is 0 Å². The first kappa shape index (κ1) is 17.7. The monoisotopic (exact) mass is 369 g/mol. The van der Waals surface area contributed by atoms with Gasteiger partial charge in [0.1, 0.15) is 0 Å². The van der Waals surface area contributed by atoms with Crippen molar-refractivity contribution in [2.24, 2.45) is 5.92 Å². The molecule has 0 aromatic heterocycles. The van der Waals surface area contributed by atoms with E-state index in [1.807, 2.05) is 42.5 Å². The molecule has 1 unspecified atom stereocenters. The minimum Gasteiger partial charge on any atom is -0.385 e. The third-order valence-electron chi connectivity index (χ3n) is 5.94. The van der Waals surface area contributed by atoms with Crippen LogP contribution in [0.4, 0.5) is 0 Å². The molecule has 1 N–H and O–H groups in total. The molecular weight excluding hydrogens is 346 g/mol. The Bertz CT molecular complexity index is 811. The molecule has 1 aliphatic carbocycles. The highest BCUT2D eigenvalue weighted by atomic mass is 35.5. The minimum absolute atomic E-state index is 0.0715. The molecule has 2 aromatic rings. The summed E-state index contributed by atoms with van der Waals surface area (Å²) in [6.45, 7) is 2.39. The number of rotatable bonds is 3. The smallest absolute Gasteiger partial charge is 0.167 e. The molecule has 26 heavy (non-hydrogen) atoms. The maximum absolute atomic E-state index is 12.8. The number of nitrogens with zero attached hydrogens (tertiary/aromatic N) is 1. The fourth-order valence-corrected chi connectivity index (χ4v) is 4.51. The third-order valence-corrected chi connectivity index (χ3v) is 6.17. The van der Waals surface area contributed by atoms with E-state index in [-0.39, 0.29) is 11.7 Å². The molecule has 1 fully saturated rings. The van der Waals surface area contributed by atoms with Crippen molar-refractivity contribution in [3.63, 3.8) is 0 Å². The summed E-state index contributed by atoms with van der Waals surface area (Å²) in [5, 5.41) is 11.7. The topological polar surface area (TPSA) is 40.5 Å². The molecule has 1 saturated heterocycles. The molecule has 0 radical (unpaired) electrons. The number of carbonyl (C=O) groups is 1. The Balaban J connectivity index is 1.39. The summed E-state index contributed by atoms with van der Waals surface area (Å²) >= 11 is 6.08. The molecular formula is C22H24ClNO2. The van der Waals surface area contributed by atoms with Crippen LogP contribution in [-0.4, -0.2) is 35.4 Å². The lowest BCUT2D eigenvalue weighted by Crippen LogP contribution is -2.45. The van der Waals surface area contributed by atoms with Crippen molar-refractivity contribution < 1.29 is 9.90 Å². The van der Waals surface area contributed by atoms with Gasteiger partial charge in [-0.25, -0.2) is 0 Å². The molecule has 0 saturated carbocycles. The number of aliphatic hydroxyl groups is 1. The molecule has 3 nitrogen and oxygen atoms in total. The first-order chi connectivity index (χ1) is 12.5. The molecule has 1 aliphatic heterocycles. The van der Waals surface area contributed by atoms with Crippen molar-refractivity contribution in [3.05, 3.63) is 70.2 Å². The second-order valence-electron chi connectivity index (χ2n) is 7.60. The molecule has 4 heteroatoms. The van der Waals surface area contributed by atoms with Crippen LogP contribution < -0.4 is 0 Å². The number of benzene rings is 2. The predicted octanol–water partition coefficient (Wildman–Crippen LogP) is 4.07. The lowest BCUT2D eigenvalue weighted by molar-refractivity contribution is -0.0283. The van der Waals surface area contributed by atoms with Gasteiger partial charge in [0.05, 0.1) is 5.60 Å². The zero-order chi connectivity index (χ0) is 18.1. The van der Waals surface area contributed by atoms with Crippen LogP contribution in [0.5, 0.6) is 0 Å². The van der Waals surface area contributed by atoms with Gasteiger partial charge in [-0.3, -0.25) is 4.79 Å². The van der Waals surface area contributed by atoms with Gasteiger partial charge in [0, 0.05) is 36.1 Å². The largest absolute Gasteiger partial charge is 0.385 e. The summed E-state index contributed by atoms with van der Waals surface area (Å²) in [7, 11) is 0. The van der Waals surface area contributed by atoms with E-state index in [4.69, 9.17) is 11.6 Å². The predicted molar refractivity (Wildman–Crippen MR) is 104 cm³/mol. The summed E-state index contributed by atoms with van der Waals surface area (Å²) < 4.78 is 0. The molecule has 2 aliphatic rings. The summed E-state index contributed by atoms with van der Waals surface area (Å²) in [5.41, 5.74) is 2.16. The van der Waals surface area contributed by atoms with E-state index in [0.29, 0.717) is 17.9 Å².